The van der Waals surface area contributed by atoms with Crippen molar-refractivity contribution in [2.24, 2.45) is 0 Å². The number of piperazine rings is 1. The Morgan fingerprint density at radius 2 is 1.97 bits per heavy atom. The summed E-state index contributed by atoms with van der Waals surface area (Å²) in [6.45, 7) is 6.03. The molecule has 0 spiro atoms. The number of methoxy groups -OCH3 is 1. The van der Waals surface area contributed by atoms with Gasteiger partial charge in [-0.05, 0) is 47.9 Å². The number of nitrogens with zero attached hydrogens (tertiary/aromatic N) is 5. The number of benzene rings is 2. The minimum absolute atomic E-state index is 0.00862. The van der Waals surface area contributed by atoms with Crippen LogP contribution in [0.1, 0.15) is 30.0 Å². The average molecular weight is 495 g/mol. The van der Waals surface area contributed by atoms with Crippen molar-refractivity contribution < 1.29 is 19.2 Å². The normalized spacial score (nSPS) is 16.2. The van der Waals surface area contributed by atoms with Gasteiger partial charge in [0, 0.05) is 37.4 Å². The highest BCUT2D eigenvalue weighted by molar-refractivity contribution is 5.94. The van der Waals surface area contributed by atoms with Crippen LogP contribution in [0.5, 0.6) is 11.5 Å². The van der Waals surface area contributed by atoms with Crippen LogP contribution in [0.4, 0.5) is 11.6 Å². The fourth-order valence-electron chi connectivity index (χ4n) is 4.34. The van der Waals surface area contributed by atoms with Crippen molar-refractivity contribution in [2.75, 3.05) is 38.2 Å². The molecule has 0 bridgehead atoms. The Morgan fingerprint density at radius 1 is 1.19 bits per heavy atom. The number of nitrogens with one attached hydrogen (secondary N) is 1. The van der Waals surface area contributed by atoms with Crippen LogP contribution >= 0.6 is 0 Å². The van der Waals surface area contributed by atoms with Crippen LogP contribution in [0, 0.1) is 10.1 Å². The van der Waals surface area contributed by atoms with E-state index in [1.807, 2.05) is 50.2 Å². The summed E-state index contributed by atoms with van der Waals surface area (Å²) in [4.78, 5) is 31.2. The van der Waals surface area contributed by atoms with Crippen molar-refractivity contribution in [2.45, 2.75) is 32.4 Å². The van der Waals surface area contributed by atoms with E-state index in [0.29, 0.717) is 31.1 Å². The minimum atomic E-state index is -0.702. The zero-order chi connectivity index (χ0) is 25.7. The first kappa shape index (κ1) is 25.1. The molecule has 3 aromatic rings. The van der Waals surface area contributed by atoms with E-state index < -0.39 is 10.9 Å². The molecule has 1 aliphatic rings. The lowest BCUT2D eigenvalue weighted by Crippen LogP contribution is -2.55. The molecule has 36 heavy (non-hydrogen) atoms. The molecular formula is C25H30N6O5. The lowest BCUT2D eigenvalue weighted by molar-refractivity contribution is -0.394. The largest absolute Gasteiger partial charge is 0.493 e. The van der Waals surface area contributed by atoms with Gasteiger partial charge in [0.2, 0.25) is 5.78 Å². The summed E-state index contributed by atoms with van der Waals surface area (Å²) >= 11 is 0. The van der Waals surface area contributed by atoms with E-state index in [1.54, 1.807) is 7.11 Å². The quantitative estimate of drug-likeness (QED) is 0.257. The van der Waals surface area contributed by atoms with Crippen LogP contribution in [-0.4, -0.2) is 76.2 Å². The number of carbonyl (C=O) groups excluding carboxylic acids is 1. The molecule has 190 valence electrons. The molecule has 11 heteroatoms. The van der Waals surface area contributed by atoms with Crippen molar-refractivity contribution in [1.82, 2.24) is 20.1 Å². The predicted octanol–water partition coefficient (Wildman–Crippen LogP) is 3.12. The Bertz CT molecular complexity index is 1200. The maximum Gasteiger partial charge on any atom is 0.453 e. The first-order valence-corrected chi connectivity index (χ1v) is 11.8. The molecule has 0 saturated carbocycles. The first-order valence-electron chi connectivity index (χ1n) is 11.8. The van der Waals surface area contributed by atoms with Gasteiger partial charge in [-0.3, -0.25) is 9.69 Å². The summed E-state index contributed by atoms with van der Waals surface area (Å²) in [5.74, 6) is 0.297. The fourth-order valence-corrected chi connectivity index (χ4v) is 4.34. The van der Waals surface area contributed by atoms with Gasteiger partial charge in [0.15, 0.2) is 11.5 Å². The number of Topliss-reactive ketones (excluding diaryl/α,β-unsaturated/α-hetero) is 1. The molecule has 2 aromatic carbocycles. The highest BCUT2D eigenvalue weighted by atomic mass is 16.6. The van der Waals surface area contributed by atoms with Crippen molar-refractivity contribution in [3.05, 3.63) is 70.0 Å². The molecule has 1 saturated heterocycles. The molecule has 0 aliphatic carbocycles. The van der Waals surface area contributed by atoms with E-state index in [9.17, 15) is 14.9 Å². The zero-order valence-corrected chi connectivity index (χ0v) is 20.6. The SMILES string of the molecule is COc1ccc(N2CCN(CC(=O)c3n[nH]c([N+](=O)[O-])n3)[C@@H](Cc3ccccc3)C2)cc1OC(C)C. The molecule has 0 amide bonds. The second kappa shape index (κ2) is 11.2. The van der Waals surface area contributed by atoms with Gasteiger partial charge in [0.05, 0.1) is 19.8 Å². The van der Waals surface area contributed by atoms with Gasteiger partial charge in [-0.15, -0.1) is 5.10 Å². The highest BCUT2D eigenvalue weighted by Gasteiger charge is 2.31. The summed E-state index contributed by atoms with van der Waals surface area (Å²) < 4.78 is 11.4. The van der Waals surface area contributed by atoms with Crippen molar-refractivity contribution in [1.29, 1.82) is 0 Å². The van der Waals surface area contributed by atoms with Gasteiger partial charge in [0.1, 0.15) is 0 Å². The van der Waals surface area contributed by atoms with Crippen LogP contribution in [-0.2, 0) is 6.42 Å². The maximum absolute atomic E-state index is 12.9. The van der Waals surface area contributed by atoms with Gasteiger partial charge in [0.25, 0.3) is 0 Å². The minimum Gasteiger partial charge on any atom is -0.493 e. The van der Waals surface area contributed by atoms with Crippen LogP contribution in [0.25, 0.3) is 0 Å². The fraction of sp³-hybridized carbons (Fsp3) is 0.400. The van der Waals surface area contributed by atoms with E-state index in [2.05, 4.69) is 37.1 Å². The number of carbonyl (C=O) groups is 1. The van der Waals surface area contributed by atoms with Gasteiger partial charge in [-0.1, -0.05) is 35.4 Å². The monoisotopic (exact) mass is 494 g/mol. The lowest BCUT2D eigenvalue weighted by Gasteiger charge is -2.42. The highest BCUT2D eigenvalue weighted by Crippen LogP contribution is 2.33. The molecule has 4 rings (SSSR count). The van der Waals surface area contributed by atoms with E-state index in [1.165, 1.54) is 0 Å². The molecular weight excluding hydrogens is 464 g/mol. The van der Waals surface area contributed by atoms with E-state index in [0.717, 1.165) is 17.7 Å². The molecule has 0 radical (unpaired) electrons. The molecule has 1 aromatic heterocycles. The van der Waals surface area contributed by atoms with Crippen molar-refractivity contribution in [3.8, 4) is 11.5 Å². The van der Waals surface area contributed by atoms with Gasteiger partial charge in [-0.2, -0.15) is 0 Å². The summed E-state index contributed by atoms with van der Waals surface area (Å²) in [6, 6.07) is 16.0. The van der Waals surface area contributed by atoms with E-state index in [-0.39, 0.29) is 30.3 Å². The number of H-pyrrole nitrogens is 1. The number of aromatic nitrogens is 3. The van der Waals surface area contributed by atoms with Crippen LogP contribution in [0.15, 0.2) is 48.5 Å². The Balaban J connectivity index is 1.54. The number of rotatable bonds is 10. The third kappa shape index (κ3) is 5.98. The topological polar surface area (TPSA) is 127 Å². The molecule has 1 aliphatic heterocycles. The van der Waals surface area contributed by atoms with Crippen molar-refractivity contribution >= 4 is 17.4 Å². The van der Waals surface area contributed by atoms with Gasteiger partial charge >= 0.3 is 11.8 Å². The molecule has 1 N–H and O–H groups in total. The van der Waals surface area contributed by atoms with Gasteiger partial charge < -0.3 is 24.5 Å². The predicted molar refractivity (Wildman–Crippen MR) is 134 cm³/mol. The Hall–Kier alpha value is -3.99. The van der Waals surface area contributed by atoms with E-state index in [4.69, 9.17) is 9.47 Å². The number of ketones is 1. The van der Waals surface area contributed by atoms with Gasteiger partial charge in [-0.25, -0.2) is 0 Å². The third-order valence-corrected chi connectivity index (χ3v) is 6.04. The molecule has 1 atom stereocenters. The number of anilines is 1. The summed E-state index contributed by atoms with van der Waals surface area (Å²) in [6.07, 6.45) is 0.749. The van der Waals surface area contributed by atoms with Crippen LogP contribution in [0.3, 0.4) is 0 Å². The van der Waals surface area contributed by atoms with Crippen molar-refractivity contribution in [3.63, 3.8) is 0 Å². The van der Waals surface area contributed by atoms with Crippen LogP contribution < -0.4 is 14.4 Å². The second-order valence-corrected chi connectivity index (χ2v) is 8.92. The summed E-state index contributed by atoms with van der Waals surface area (Å²) in [5.41, 5.74) is 2.17. The van der Waals surface area contributed by atoms with E-state index >= 15 is 0 Å². The third-order valence-electron chi connectivity index (χ3n) is 6.04. The molecule has 1 fully saturated rings. The molecule has 11 nitrogen and oxygen atoms in total. The summed E-state index contributed by atoms with van der Waals surface area (Å²) in [5, 5.41) is 16.8. The zero-order valence-electron chi connectivity index (χ0n) is 20.6. The molecule has 0 unspecified atom stereocenters. The summed E-state index contributed by atoms with van der Waals surface area (Å²) in [7, 11) is 1.62. The smallest absolute Gasteiger partial charge is 0.453 e. The second-order valence-electron chi connectivity index (χ2n) is 8.92. The Morgan fingerprint density at radius 3 is 2.64 bits per heavy atom. The Kier molecular flexibility index (Phi) is 7.79. The molecule has 2 heterocycles. The number of ether oxygens (including phenoxy) is 2. The number of nitro groups is 1. The number of hydrogen-bond acceptors (Lipinski definition) is 9. The average Bonchev–Trinajstić information content (AvgIpc) is 3.36. The van der Waals surface area contributed by atoms with Crippen LogP contribution in [0.2, 0.25) is 0 Å². The standard InChI is InChI=1S/C25H30N6O5/c1-17(2)36-23-14-19(9-10-22(23)35-3)29-11-12-30(20(15-29)13-18-7-5-4-6-8-18)16-21(32)24-26-25(28-27-24)31(33)34/h4-10,14,17,20H,11-13,15-16H2,1-3H3,(H,26,27,28)/t20-/m0/s1. The Labute approximate surface area is 209 Å². The maximum atomic E-state index is 12.9. The first-order chi connectivity index (χ1) is 17.3. The lowest BCUT2D eigenvalue weighted by atomic mass is 10.0. The number of aromatic amines is 1. The number of hydrogen-bond donors (Lipinski definition) is 1.